The van der Waals surface area contributed by atoms with Crippen molar-refractivity contribution >= 4 is 10.0 Å². The summed E-state index contributed by atoms with van der Waals surface area (Å²) in [5.41, 5.74) is 0. The lowest BCUT2D eigenvalue weighted by molar-refractivity contribution is 0.331. The first-order valence-corrected chi connectivity index (χ1v) is 8.00. The van der Waals surface area contributed by atoms with Gasteiger partial charge < -0.3 is 9.88 Å². The molecule has 0 amide bonds. The molecule has 0 bridgehead atoms. The van der Waals surface area contributed by atoms with Crippen LogP contribution in [0.5, 0.6) is 0 Å². The Kier molecular flexibility index (Phi) is 4.22. The lowest BCUT2D eigenvalue weighted by atomic mass is 10.3. The van der Waals surface area contributed by atoms with E-state index in [0.717, 1.165) is 0 Å². The molecule has 1 aromatic heterocycles. The number of nitrogens with one attached hydrogen (secondary N) is 1. The molecule has 0 spiro atoms. The third kappa shape index (κ3) is 3.13. The molecule has 1 aliphatic heterocycles. The second-order valence-corrected chi connectivity index (χ2v) is 7.54. The van der Waals surface area contributed by atoms with Gasteiger partial charge in [0.25, 0.3) is 0 Å². The zero-order valence-corrected chi connectivity index (χ0v) is 12.4. The van der Waals surface area contributed by atoms with E-state index in [4.69, 9.17) is 0 Å². The van der Waals surface area contributed by atoms with Crippen molar-refractivity contribution in [2.75, 3.05) is 13.1 Å². The van der Waals surface area contributed by atoms with E-state index in [0.29, 0.717) is 32.0 Å². The van der Waals surface area contributed by atoms with Gasteiger partial charge in [-0.1, -0.05) is 13.8 Å². The Hall–Kier alpha value is -0.990. The molecule has 1 N–H and O–H groups in total. The van der Waals surface area contributed by atoms with Crippen molar-refractivity contribution in [1.82, 2.24) is 24.4 Å². The normalized spacial score (nSPS) is 18.5. The van der Waals surface area contributed by atoms with E-state index < -0.39 is 15.3 Å². The molecular formula is C11H21N5O2S. The molecule has 0 aromatic carbocycles. The molecule has 2 rings (SSSR count). The van der Waals surface area contributed by atoms with Gasteiger partial charge in [-0.05, 0) is 6.92 Å². The average Bonchev–Trinajstić information content (AvgIpc) is 2.82. The number of hydrogen-bond donors (Lipinski definition) is 1. The van der Waals surface area contributed by atoms with Crippen LogP contribution in [0.15, 0.2) is 6.33 Å². The van der Waals surface area contributed by atoms with Crippen molar-refractivity contribution in [3.05, 3.63) is 12.2 Å². The summed E-state index contributed by atoms with van der Waals surface area (Å²) in [5.74, 6) is 0.707. The fourth-order valence-corrected chi connectivity index (χ4v) is 3.47. The molecule has 2 heterocycles. The highest BCUT2D eigenvalue weighted by Crippen LogP contribution is 2.16. The summed E-state index contributed by atoms with van der Waals surface area (Å²) in [6.07, 6.45) is 1.64. The molecule has 0 saturated carbocycles. The summed E-state index contributed by atoms with van der Waals surface area (Å²) in [5, 5.41) is 10.5. The van der Waals surface area contributed by atoms with Crippen LogP contribution >= 0.6 is 0 Å². The Bertz CT molecular complexity index is 525. The van der Waals surface area contributed by atoms with Gasteiger partial charge in [-0.2, -0.15) is 4.31 Å². The van der Waals surface area contributed by atoms with Gasteiger partial charge in [-0.3, -0.25) is 0 Å². The third-order valence-electron chi connectivity index (χ3n) is 3.29. The van der Waals surface area contributed by atoms with Crippen LogP contribution in [-0.4, -0.2) is 51.9 Å². The number of fused-ring (bicyclic) bond motifs is 1. The molecule has 0 radical (unpaired) electrons. The molecule has 1 aliphatic rings. The number of hydrogen-bond acceptors (Lipinski definition) is 5. The first kappa shape index (κ1) is 14.4. The number of rotatable bonds is 5. The van der Waals surface area contributed by atoms with E-state index in [-0.39, 0.29) is 6.04 Å². The topological polar surface area (TPSA) is 80.1 Å². The molecule has 1 unspecified atom stereocenters. The quantitative estimate of drug-likeness (QED) is 0.812. The summed E-state index contributed by atoms with van der Waals surface area (Å²) in [4.78, 5) is 0. The highest BCUT2D eigenvalue weighted by Gasteiger charge is 2.32. The van der Waals surface area contributed by atoms with Gasteiger partial charge in [-0.25, -0.2) is 8.42 Å². The molecule has 1 aromatic rings. The zero-order valence-electron chi connectivity index (χ0n) is 11.6. The van der Waals surface area contributed by atoms with Gasteiger partial charge in [0.2, 0.25) is 10.0 Å². The van der Waals surface area contributed by atoms with Crippen molar-refractivity contribution in [3.63, 3.8) is 0 Å². The minimum absolute atomic E-state index is 0.280. The number of aromatic nitrogens is 3. The predicted octanol–water partition coefficient (Wildman–Crippen LogP) is -0.190. The maximum atomic E-state index is 12.5. The highest BCUT2D eigenvalue weighted by atomic mass is 32.2. The fourth-order valence-electron chi connectivity index (χ4n) is 2.02. The first-order chi connectivity index (χ1) is 8.91. The molecule has 0 fully saturated rings. The van der Waals surface area contributed by atoms with E-state index in [1.807, 2.05) is 18.4 Å². The second kappa shape index (κ2) is 5.56. The average molecular weight is 287 g/mol. The van der Waals surface area contributed by atoms with E-state index in [1.54, 1.807) is 13.3 Å². The van der Waals surface area contributed by atoms with E-state index in [2.05, 4.69) is 15.5 Å². The standard InChI is InChI=1S/C11H21N5O2S/c1-9(2)12-6-10(3)19(17,18)16-5-4-15-8-13-14-11(15)7-16/h8-10,12H,4-7H2,1-3H3. The SMILES string of the molecule is CC(C)NCC(C)S(=O)(=O)N1CCn2cnnc2C1. The molecule has 0 saturated heterocycles. The lowest BCUT2D eigenvalue weighted by Crippen LogP contribution is -2.46. The van der Waals surface area contributed by atoms with Crippen LogP contribution in [0.4, 0.5) is 0 Å². The first-order valence-electron chi connectivity index (χ1n) is 6.50. The minimum Gasteiger partial charge on any atom is -0.315 e. The van der Waals surface area contributed by atoms with Gasteiger partial charge in [0, 0.05) is 25.7 Å². The maximum absolute atomic E-state index is 12.5. The van der Waals surface area contributed by atoms with E-state index in [1.165, 1.54) is 4.31 Å². The molecule has 8 heteroatoms. The highest BCUT2D eigenvalue weighted by molar-refractivity contribution is 7.89. The lowest BCUT2D eigenvalue weighted by Gasteiger charge is -2.29. The summed E-state index contributed by atoms with van der Waals surface area (Å²) < 4.78 is 28.3. The van der Waals surface area contributed by atoms with Crippen LogP contribution in [-0.2, 0) is 23.1 Å². The smallest absolute Gasteiger partial charge is 0.218 e. The Morgan fingerprint density at radius 3 is 2.79 bits per heavy atom. The predicted molar refractivity (Wildman–Crippen MR) is 72.0 cm³/mol. The van der Waals surface area contributed by atoms with Gasteiger partial charge in [0.1, 0.15) is 12.2 Å². The minimum atomic E-state index is -3.29. The zero-order chi connectivity index (χ0) is 14.0. The molecule has 19 heavy (non-hydrogen) atoms. The Balaban J connectivity index is 2.04. The molecule has 7 nitrogen and oxygen atoms in total. The van der Waals surface area contributed by atoms with Crippen molar-refractivity contribution < 1.29 is 8.42 Å². The van der Waals surface area contributed by atoms with Crippen LogP contribution in [0.2, 0.25) is 0 Å². The van der Waals surface area contributed by atoms with Crippen LogP contribution in [0.1, 0.15) is 26.6 Å². The van der Waals surface area contributed by atoms with Crippen molar-refractivity contribution in [1.29, 1.82) is 0 Å². The molecule has 1 atom stereocenters. The van der Waals surface area contributed by atoms with Gasteiger partial charge in [0.05, 0.1) is 11.8 Å². The maximum Gasteiger partial charge on any atom is 0.218 e. The van der Waals surface area contributed by atoms with E-state index in [9.17, 15) is 8.42 Å². The van der Waals surface area contributed by atoms with Crippen molar-refractivity contribution in [2.45, 2.75) is 45.2 Å². The second-order valence-electron chi connectivity index (χ2n) is 5.19. The Labute approximate surface area is 114 Å². The molecule has 108 valence electrons. The van der Waals surface area contributed by atoms with Crippen LogP contribution in [0.25, 0.3) is 0 Å². The summed E-state index contributed by atoms with van der Waals surface area (Å²) in [6, 6.07) is 0.280. The Morgan fingerprint density at radius 2 is 2.11 bits per heavy atom. The van der Waals surface area contributed by atoms with Crippen LogP contribution < -0.4 is 5.32 Å². The third-order valence-corrected chi connectivity index (χ3v) is 5.50. The number of sulfonamides is 1. The summed E-state index contributed by atoms with van der Waals surface area (Å²) >= 11 is 0. The van der Waals surface area contributed by atoms with Gasteiger partial charge in [-0.15, -0.1) is 10.2 Å². The monoisotopic (exact) mass is 287 g/mol. The van der Waals surface area contributed by atoms with Gasteiger partial charge in [0.15, 0.2) is 0 Å². The largest absolute Gasteiger partial charge is 0.315 e. The van der Waals surface area contributed by atoms with Gasteiger partial charge >= 0.3 is 0 Å². The molecular weight excluding hydrogens is 266 g/mol. The van der Waals surface area contributed by atoms with Crippen LogP contribution in [0.3, 0.4) is 0 Å². The summed E-state index contributed by atoms with van der Waals surface area (Å²) in [6.45, 7) is 7.62. The summed E-state index contributed by atoms with van der Waals surface area (Å²) in [7, 11) is -3.29. The number of nitrogens with zero attached hydrogens (tertiary/aromatic N) is 4. The van der Waals surface area contributed by atoms with E-state index >= 15 is 0 Å². The fraction of sp³-hybridized carbons (Fsp3) is 0.818. The Morgan fingerprint density at radius 1 is 1.37 bits per heavy atom. The van der Waals surface area contributed by atoms with Crippen molar-refractivity contribution in [3.8, 4) is 0 Å². The molecule has 0 aliphatic carbocycles. The van der Waals surface area contributed by atoms with Crippen LogP contribution in [0, 0.1) is 0 Å². The van der Waals surface area contributed by atoms with Crippen molar-refractivity contribution in [2.24, 2.45) is 0 Å².